The summed E-state index contributed by atoms with van der Waals surface area (Å²) in [6.07, 6.45) is 0.883. The van der Waals surface area contributed by atoms with Gasteiger partial charge in [-0.15, -0.1) is 0 Å². The van der Waals surface area contributed by atoms with Gasteiger partial charge in [-0.05, 0) is 82.0 Å². The largest absolute Gasteiger partial charge is 0.481 e. The van der Waals surface area contributed by atoms with Gasteiger partial charge in [-0.1, -0.05) is 0 Å². The molecule has 7 amide bonds. The first kappa shape index (κ1) is 45.6. The molecule has 4 bridgehead atoms. The van der Waals surface area contributed by atoms with Crippen LogP contribution in [0, 0.1) is 23.2 Å². The first-order valence-electron chi connectivity index (χ1n) is 18.7. The second-order valence-corrected chi connectivity index (χ2v) is 15.1. The first-order chi connectivity index (χ1) is 26.8. The summed E-state index contributed by atoms with van der Waals surface area (Å²) in [5, 5.41) is 50.4. The van der Waals surface area contributed by atoms with Gasteiger partial charge in [0.25, 0.3) is 0 Å². The number of carboxylic acid groups (broad SMARTS) is 4. The van der Waals surface area contributed by atoms with E-state index in [4.69, 9.17) is 10.8 Å². The van der Waals surface area contributed by atoms with Crippen LogP contribution in [-0.2, 0) is 52.7 Å². The Morgan fingerprint density at radius 2 is 0.825 bits per heavy atom. The van der Waals surface area contributed by atoms with Crippen LogP contribution in [0.25, 0.3) is 0 Å². The Labute approximate surface area is 326 Å². The molecule has 0 aromatic rings. The normalized spacial score (nSPS) is 22.4. The van der Waals surface area contributed by atoms with E-state index in [1.165, 1.54) is 0 Å². The van der Waals surface area contributed by atoms with Gasteiger partial charge < -0.3 is 58.1 Å². The predicted octanol–water partition coefficient (Wildman–Crippen LogP) is -2.68. The van der Waals surface area contributed by atoms with Crippen molar-refractivity contribution in [2.45, 2.75) is 114 Å². The number of nitrogens with one attached hydrogen (secondary N) is 6. The number of rotatable bonds is 25. The summed E-state index contributed by atoms with van der Waals surface area (Å²) in [6.45, 7) is -1.10. The summed E-state index contributed by atoms with van der Waals surface area (Å²) >= 11 is 0. The van der Waals surface area contributed by atoms with E-state index in [1.54, 1.807) is 0 Å². The van der Waals surface area contributed by atoms with Crippen LogP contribution < -0.4 is 37.6 Å². The molecule has 0 aromatic carbocycles. The van der Waals surface area contributed by atoms with Gasteiger partial charge in [0.05, 0.1) is 13.1 Å². The van der Waals surface area contributed by atoms with Crippen molar-refractivity contribution >= 4 is 65.2 Å². The van der Waals surface area contributed by atoms with Gasteiger partial charge in [0.1, 0.15) is 24.2 Å². The molecule has 0 radical (unpaired) electrons. The maximum absolute atomic E-state index is 13.4. The molecule has 57 heavy (non-hydrogen) atoms. The summed E-state index contributed by atoms with van der Waals surface area (Å²) in [4.78, 5) is 135. The van der Waals surface area contributed by atoms with E-state index in [0.717, 1.165) is 38.5 Å². The van der Waals surface area contributed by atoms with Gasteiger partial charge in [0.15, 0.2) is 0 Å². The summed E-state index contributed by atoms with van der Waals surface area (Å²) in [6, 6.07) is -6.64. The number of primary amides is 1. The van der Waals surface area contributed by atoms with Crippen LogP contribution in [0.2, 0.25) is 0 Å². The molecule has 0 aromatic heterocycles. The van der Waals surface area contributed by atoms with Crippen LogP contribution in [0.4, 0.5) is 0 Å². The third-order valence-corrected chi connectivity index (χ3v) is 10.5. The van der Waals surface area contributed by atoms with Gasteiger partial charge in [0, 0.05) is 31.1 Å². The fraction of sp³-hybridized carbons (Fsp3) is 0.686. The lowest BCUT2D eigenvalue weighted by molar-refractivity contribution is -0.147. The van der Waals surface area contributed by atoms with Crippen molar-refractivity contribution in [1.29, 1.82) is 0 Å². The minimum absolute atomic E-state index is 0.201. The highest BCUT2D eigenvalue weighted by molar-refractivity contribution is 5.96. The van der Waals surface area contributed by atoms with Gasteiger partial charge in [0.2, 0.25) is 41.4 Å². The van der Waals surface area contributed by atoms with Crippen molar-refractivity contribution in [3.8, 4) is 0 Å². The Morgan fingerprint density at radius 1 is 0.491 bits per heavy atom. The molecular formula is C35H51N7O15. The number of amides is 7. The summed E-state index contributed by atoms with van der Waals surface area (Å²) in [5.74, 6) is -10.5. The summed E-state index contributed by atoms with van der Waals surface area (Å²) in [7, 11) is 0. The zero-order chi connectivity index (χ0) is 42.4. The molecule has 0 unspecified atom stereocenters. The average Bonchev–Trinajstić information content (AvgIpc) is 3.11. The number of aliphatic carboxylic acids is 4. The van der Waals surface area contributed by atoms with E-state index < -0.39 is 153 Å². The molecule has 0 aliphatic heterocycles. The van der Waals surface area contributed by atoms with Gasteiger partial charge in [-0.25, -0.2) is 0 Å². The van der Waals surface area contributed by atoms with E-state index in [2.05, 4.69) is 31.9 Å². The van der Waals surface area contributed by atoms with E-state index in [-0.39, 0.29) is 5.91 Å². The lowest BCUT2D eigenvalue weighted by Gasteiger charge is -2.55. The number of carbonyl (C=O) groups excluding carboxylic acids is 7. The Balaban J connectivity index is 1.63. The lowest BCUT2D eigenvalue weighted by atomic mass is 9.49. The topological polar surface area (TPSA) is 367 Å². The zero-order valence-corrected chi connectivity index (χ0v) is 31.2. The monoisotopic (exact) mass is 809 g/mol. The average molecular weight is 810 g/mol. The number of nitrogens with two attached hydrogens (primary N) is 1. The number of hydrogen-bond donors (Lipinski definition) is 11. The first-order valence-corrected chi connectivity index (χ1v) is 18.7. The highest BCUT2D eigenvalue weighted by Gasteiger charge is 2.54. The molecular weight excluding hydrogens is 758 g/mol. The maximum atomic E-state index is 13.4. The van der Waals surface area contributed by atoms with Crippen LogP contribution in [0.1, 0.15) is 89.9 Å². The highest BCUT2D eigenvalue weighted by atomic mass is 16.4. The SMILES string of the molecule is NC(=O)[C@H](CCC(=O)O)NC(=O)[C@H](CCC(=O)O)NC(=O)[C@H](CCC(=O)O)NC(=O)[C@H](CCC(=O)O)NC(=O)CNC(=O)CNC(=O)C12CC3CC(CC(C3)C1)C2. The molecule has 22 nitrogen and oxygen atoms in total. The van der Waals surface area contributed by atoms with Crippen LogP contribution in [0.5, 0.6) is 0 Å². The Morgan fingerprint density at radius 3 is 1.19 bits per heavy atom. The second-order valence-electron chi connectivity index (χ2n) is 15.1. The quantitative estimate of drug-likeness (QED) is 0.0448. The van der Waals surface area contributed by atoms with Crippen LogP contribution in [0.15, 0.2) is 0 Å². The van der Waals surface area contributed by atoms with Crippen molar-refractivity contribution in [2.75, 3.05) is 13.1 Å². The molecule has 316 valence electrons. The van der Waals surface area contributed by atoms with Crippen LogP contribution >= 0.6 is 0 Å². The van der Waals surface area contributed by atoms with Crippen LogP contribution in [-0.4, -0.2) is 123 Å². The highest BCUT2D eigenvalue weighted by Crippen LogP contribution is 2.60. The molecule has 4 aliphatic carbocycles. The molecule has 4 saturated carbocycles. The molecule has 4 atom stereocenters. The molecule has 0 spiro atoms. The Bertz CT molecular complexity index is 1570. The van der Waals surface area contributed by atoms with Gasteiger partial charge in [-0.2, -0.15) is 0 Å². The molecule has 4 rings (SSSR count). The number of carbonyl (C=O) groups is 11. The molecule has 0 saturated heterocycles. The van der Waals surface area contributed by atoms with Crippen molar-refractivity contribution in [1.82, 2.24) is 31.9 Å². The van der Waals surface area contributed by atoms with E-state index >= 15 is 0 Å². The van der Waals surface area contributed by atoms with Gasteiger partial charge >= 0.3 is 23.9 Å². The predicted molar refractivity (Wildman–Crippen MR) is 191 cm³/mol. The molecule has 22 heteroatoms. The minimum Gasteiger partial charge on any atom is -0.481 e. The maximum Gasteiger partial charge on any atom is 0.303 e. The third kappa shape index (κ3) is 14.6. The molecule has 4 fully saturated rings. The fourth-order valence-electron chi connectivity index (χ4n) is 8.20. The number of hydrogen-bond acceptors (Lipinski definition) is 11. The lowest BCUT2D eigenvalue weighted by Crippen LogP contribution is -2.58. The number of carboxylic acids is 4. The van der Waals surface area contributed by atoms with Gasteiger partial charge in [-0.3, -0.25) is 52.7 Å². The molecule has 12 N–H and O–H groups in total. The molecule has 4 aliphatic rings. The van der Waals surface area contributed by atoms with Crippen molar-refractivity contribution in [3.63, 3.8) is 0 Å². The van der Waals surface area contributed by atoms with E-state index in [0.29, 0.717) is 17.8 Å². The second kappa shape index (κ2) is 20.9. The van der Waals surface area contributed by atoms with Crippen molar-refractivity contribution in [2.24, 2.45) is 28.9 Å². The standard InChI is InChI=1S/C35H51N7O15/c36-30(53)20(1-5-26(45)46)40-32(55)22(3-7-28(49)50)42-33(56)23(4-8-29(51)52)41-31(54)21(2-6-27(47)48)39-25(44)16-37-24(43)15-38-34(57)35-12-17-9-18(13-35)11-19(10-17)14-35/h17-23H,1-16H2,(H2,36,53)(H,37,43)(H,38,57)(H,39,44)(H,40,55)(H,41,54)(H,42,56)(H,45,46)(H,47,48)(H,49,50)(H,51,52)/t17?,18?,19?,20-,21-,22-,23-,35?/m0/s1. The Hall–Kier alpha value is -5.83. The summed E-state index contributed by atoms with van der Waals surface area (Å²) in [5.41, 5.74) is 4.74. The van der Waals surface area contributed by atoms with E-state index in [1.807, 2.05) is 0 Å². The smallest absolute Gasteiger partial charge is 0.303 e. The van der Waals surface area contributed by atoms with Crippen LogP contribution in [0.3, 0.4) is 0 Å². The Kier molecular flexibility index (Phi) is 16.7. The van der Waals surface area contributed by atoms with E-state index in [9.17, 15) is 68.1 Å². The summed E-state index contributed by atoms with van der Waals surface area (Å²) < 4.78 is 0. The van der Waals surface area contributed by atoms with Crippen molar-refractivity contribution < 1.29 is 73.2 Å². The molecule has 0 heterocycles. The van der Waals surface area contributed by atoms with Crippen molar-refractivity contribution in [3.05, 3.63) is 0 Å². The minimum atomic E-state index is -1.76. The third-order valence-electron chi connectivity index (χ3n) is 10.5. The fourth-order valence-corrected chi connectivity index (χ4v) is 8.20. The zero-order valence-electron chi connectivity index (χ0n) is 31.2.